The lowest BCUT2D eigenvalue weighted by Gasteiger charge is -2.00. The molecule has 2 nitrogen and oxygen atoms in total. The molecule has 1 aromatic rings. The van der Waals surface area contributed by atoms with Crippen molar-refractivity contribution < 1.29 is 9.53 Å². The summed E-state index contributed by atoms with van der Waals surface area (Å²) in [5, 5.41) is 0. The number of hydrogen-bond donors (Lipinski definition) is 0. The van der Waals surface area contributed by atoms with Crippen LogP contribution in [0, 0.1) is 0 Å². The molecule has 0 bridgehead atoms. The summed E-state index contributed by atoms with van der Waals surface area (Å²) in [6.07, 6.45) is 3.04. The lowest BCUT2D eigenvalue weighted by atomic mass is 10.2. The molecule has 0 N–H and O–H groups in total. The van der Waals surface area contributed by atoms with Crippen LogP contribution in [0.3, 0.4) is 0 Å². The fourth-order valence-corrected chi connectivity index (χ4v) is 1.61. The maximum atomic E-state index is 10.5. The van der Waals surface area contributed by atoms with Crippen LogP contribution in [0.2, 0.25) is 0 Å². The van der Waals surface area contributed by atoms with Crippen LogP contribution >= 0.6 is 0 Å². The van der Waals surface area contributed by atoms with Crippen molar-refractivity contribution in [3.8, 4) is 0 Å². The van der Waals surface area contributed by atoms with E-state index >= 15 is 0 Å². The van der Waals surface area contributed by atoms with Gasteiger partial charge in [-0.3, -0.25) is 4.79 Å². The van der Waals surface area contributed by atoms with Gasteiger partial charge in [0.2, 0.25) is 0 Å². The number of carbonyl (C=O) groups excluding carboxylic acids is 1. The predicted molar refractivity (Wildman–Crippen MR) is 65.5 cm³/mol. The lowest BCUT2D eigenvalue weighted by molar-refractivity contribution is -0.125. The van der Waals surface area contributed by atoms with E-state index in [9.17, 15) is 4.79 Å². The summed E-state index contributed by atoms with van der Waals surface area (Å²) >= 11 is 0. The van der Waals surface area contributed by atoms with Gasteiger partial charge in [0.25, 0.3) is 0 Å². The number of rotatable bonds is 2. The van der Waals surface area contributed by atoms with Crippen LogP contribution < -0.4 is 0 Å². The van der Waals surface area contributed by atoms with E-state index in [-0.39, 0.29) is 11.9 Å². The standard InChI is InChI=1S/C8H10.C6H10O2/c1-2-8-6-4-3-5-7-8;1-5(7)6-3-2-4-8-6/h3-7H,2H2,1H3;6H,2-4H2,1H3. The third-order valence-electron chi connectivity index (χ3n) is 2.63. The van der Waals surface area contributed by atoms with Crippen LogP contribution in [-0.4, -0.2) is 18.5 Å². The first kappa shape index (κ1) is 12.9. The topological polar surface area (TPSA) is 26.3 Å². The molecule has 2 rings (SSSR count). The Bertz CT molecular complexity index is 300. The average molecular weight is 220 g/mol. The SMILES string of the molecule is CC(=O)C1CCCO1.CCc1ccccc1. The Morgan fingerprint density at radius 3 is 2.38 bits per heavy atom. The van der Waals surface area contributed by atoms with E-state index in [0.717, 1.165) is 25.9 Å². The van der Waals surface area contributed by atoms with Gasteiger partial charge in [-0.15, -0.1) is 0 Å². The van der Waals surface area contributed by atoms with Gasteiger partial charge in [-0.25, -0.2) is 0 Å². The summed E-state index contributed by atoms with van der Waals surface area (Å²) in [5.74, 6) is 0.169. The molecule has 0 spiro atoms. The molecule has 88 valence electrons. The molecule has 1 heterocycles. The number of carbonyl (C=O) groups is 1. The van der Waals surface area contributed by atoms with Crippen molar-refractivity contribution in [2.75, 3.05) is 6.61 Å². The van der Waals surface area contributed by atoms with Gasteiger partial charge in [-0.1, -0.05) is 37.3 Å². The van der Waals surface area contributed by atoms with Crippen LogP contribution in [0.5, 0.6) is 0 Å². The Morgan fingerprint density at radius 1 is 1.38 bits per heavy atom. The van der Waals surface area contributed by atoms with Crippen LogP contribution in [0.25, 0.3) is 0 Å². The van der Waals surface area contributed by atoms with E-state index < -0.39 is 0 Å². The van der Waals surface area contributed by atoms with Crippen molar-refractivity contribution in [2.45, 2.75) is 39.2 Å². The number of ketones is 1. The molecule has 2 heteroatoms. The van der Waals surface area contributed by atoms with Gasteiger partial charge < -0.3 is 4.74 Å². The Hall–Kier alpha value is -1.15. The second kappa shape index (κ2) is 7.18. The molecule has 0 radical (unpaired) electrons. The molecular weight excluding hydrogens is 200 g/mol. The summed E-state index contributed by atoms with van der Waals surface area (Å²) in [4.78, 5) is 10.5. The third kappa shape index (κ3) is 4.58. The molecular formula is C14H20O2. The van der Waals surface area contributed by atoms with E-state index in [1.807, 2.05) is 6.07 Å². The molecule has 0 aliphatic carbocycles. The average Bonchev–Trinajstić information content (AvgIpc) is 2.85. The molecule has 1 aromatic carbocycles. The summed E-state index contributed by atoms with van der Waals surface area (Å²) in [5.41, 5.74) is 1.41. The summed E-state index contributed by atoms with van der Waals surface area (Å²) < 4.78 is 5.06. The van der Waals surface area contributed by atoms with Crippen LogP contribution in [0.15, 0.2) is 30.3 Å². The fraction of sp³-hybridized carbons (Fsp3) is 0.500. The molecule has 1 aliphatic heterocycles. The summed E-state index contributed by atoms with van der Waals surface area (Å²) in [7, 11) is 0. The van der Waals surface area contributed by atoms with Gasteiger partial charge in [0, 0.05) is 6.61 Å². The maximum Gasteiger partial charge on any atom is 0.158 e. The smallest absolute Gasteiger partial charge is 0.158 e. The van der Waals surface area contributed by atoms with Crippen molar-refractivity contribution in [3.63, 3.8) is 0 Å². The number of hydrogen-bond acceptors (Lipinski definition) is 2. The van der Waals surface area contributed by atoms with Crippen molar-refractivity contribution in [1.82, 2.24) is 0 Å². The second-order valence-electron chi connectivity index (χ2n) is 3.95. The number of benzene rings is 1. The fourth-order valence-electron chi connectivity index (χ4n) is 1.61. The number of ether oxygens (including phenoxy) is 1. The first-order valence-electron chi connectivity index (χ1n) is 5.90. The van der Waals surface area contributed by atoms with Gasteiger partial charge in [-0.05, 0) is 31.7 Å². The van der Waals surface area contributed by atoms with Crippen LogP contribution in [0.4, 0.5) is 0 Å². The van der Waals surface area contributed by atoms with E-state index in [2.05, 4.69) is 31.2 Å². The Balaban J connectivity index is 0.000000160. The largest absolute Gasteiger partial charge is 0.370 e. The minimum Gasteiger partial charge on any atom is -0.370 e. The molecule has 0 amide bonds. The lowest BCUT2D eigenvalue weighted by Crippen LogP contribution is -2.14. The van der Waals surface area contributed by atoms with Gasteiger partial charge in [0.05, 0.1) is 0 Å². The van der Waals surface area contributed by atoms with Crippen molar-refractivity contribution >= 4 is 5.78 Å². The van der Waals surface area contributed by atoms with Gasteiger partial charge >= 0.3 is 0 Å². The Morgan fingerprint density at radius 2 is 2.06 bits per heavy atom. The first-order valence-corrected chi connectivity index (χ1v) is 5.90. The van der Waals surface area contributed by atoms with E-state index in [0.29, 0.717) is 0 Å². The minimum atomic E-state index is -0.0741. The highest BCUT2D eigenvalue weighted by atomic mass is 16.5. The second-order valence-corrected chi connectivity index (χ2v) is 3.95. The molecule has 1 aliphatic rings. The highest BCUT2D eigenvalue weighted by molar-refractivity contribution is 5.80. The zero-order valence-electron chi connectivity index (χ0n) is 10.1. The quantitative estimate of drug-likeness (QED) is 0.766. The van der Waals surface area contributed by atoms with Crippen LogP contribution in [-0.2, 0) is 16.0 Å². The zero-order chi connectivity index (χ0) is 11.8. The van der Waals surface area contributed by atoms with Gasteiger partial charge in [0.1, 0.15) is 6.10 Å². The minimum absolute atomic E-state index is 0.0741. The third-order valence-corrected chi connectivity index (χ3v) is 2.63. The molecule has 1 saturated heterocycles. The molecule has 0 saturated carbocycles. The van der Waals surface area contributed by atoms with E-state index in [1.54, 1.807) is 6.92 Å². The molecule has 1 atom stereocenters. The maximum absolute atomic E-state index is 10.5. The van der Waals surface area contributed by atoms with Gasteiger partial charge in [-0.2, -0.15) is 0 Å². The van der Waals surface area contributed by atoms with E-state index in [1.165, 1.54) is 5.56 Å². The van der Waals surface area contributed by atoms with Crippen LogP contribution in [0.1, 0.15) is 32.3 Å². The van der Waals surface area contributed by atoms with Crippen molar-refractivity contribution in [2.24, 2.45) is 0 Å². The Labute approximate surface area is 97.6 Å². The molecule has 1 unspecified atom stereocenters. The molecule has 16 heavy (non-hydrogen) atoms. The van der Waals surface area contributed by atoms with E-state index in [4.69, 9.17) is 4.74 Å². The summed E-state index contributed by atoms with van der Waals surface area (Å²) in [6, 6.07) is 10.5. The predicted octanol–water partition coefficient (Wildman–Crippen LogP) is 3.00. The normalized spacial score (nSPS) is 18.8. The van der Waals surface area contributed by atoms with Gasteiger partial charge in [0.15, 0.2) is 5.78 Å². The summed E-state index contributed by atoms with van der Waals surface area (Å²) in [6.45, 7) is 4.51. The number of Topliss-reactive ketones (excluding diaryl/α,β-unsaturated/α-hetero) is 1. The van der Waals surface area contributed by atoms with Crippen molar-refractivity contribution in [1.29, 1.82) is 0 Å². The molecule has 0 aromatic heterocycles. The highest BCUT2D eigenvalue weighted by Crippen LogP contribution is 2.11. The number of aryl methyl sites for hydroxylation is 1. The van der Waals surface area contributed by atoms with Crippen molar-refractivity contribution in [3.05, 3.63) is 35.9 Å². The zero-order valence-corrected chi connectivity index (χ0v) is 10.1. The first-order chi connectivity index (χ1) is 7.74. The highest BCUT2D eigenvalue weighted by Gasteiger charge is 2.18. The molecule has 1 fully saturated rings. The Kier molecular flexibility index (Phi) is 5.79. The monoisotopic (exact) mass is 220 g/mol.